The molecule has 1 aromatic heterocycles. The molecular formula is C24H26N2O5. The van der Waals surface area contributed by atoms with Gasteiger partial charge >= 0.3 is 5.97 Å². The van der Waals surface area contributed by atoms with E-state index in [2.05, 4.69) is 10.6 Å². The van der Waals surface area contributed by atoms with E-state index in [0.29, 0.717) is 0 Å². The lowest BCUT2D eigenvalue weighted by atomic mass is 10.00. The third-order valence-electron chi connectivity index (χ3n) is 4.97. The maximum absolute atomic E-state index is 12.5. The van der Waals surface area contributed by atoms with Crippen LogP contribution >= 0.6 is 0 Å². The molecule has 0 spiro atoms. The summed E-state index contributed by atoms with van der Waals surface area (Å²) in [6, 6.07) is 15.7. The quantitative estimate of drug-likeness (QED) is 0.541. The summed E-state index contributed by atoms with van der Waals surface area (Å²) in [6.45, 7) is 4.99. The Hall–Kier alpha value is -3.61. The van der Waals surface area contributed by atoms with Gasteiger partial charge in [-0.1, -0.05) is 56.3 Å². The van der Waals surface area contributed by atoms with Crippen LogP contribution in [0.4, 0.5) is 0 Å². The van der Waals surface area contributed by atoms with Crippen molar-refractivity contribution in [2.24, 2.45) is 5.92 Å². The number of furan rings is 1. The molecule has 0 aliphatic rings. The van der Waals surface area contributed by atoms with Crippen molar-refractivity contribution in [1.82, 2.24) is 10.6 Å². The second kappa shape index (κ2) is 9.93. The van der Waals surface area contributed by atoms with Gasteiger partial charge in [-0.25, -0.2) is 4.79 Å². The molecular weight excluding hydrogens is 396 g/mol. The highest BCUT2D eigenvalue weighted by Crippen LogP contribution is 2.23. The third kappa shape index (κ3) is 5.51. The van der Waals surface area contributed by atoms with E-state index in [-0.39, 0.29) is 17.7 Å². The van der Waals surface area contributed by atoms with E-state index in [1.807, 2.05) is 49.4 Å². The van der Waals surface area contributed by atoms with Crippen LogP contribution < -0.4 is 10.6 Å². The number of ether oxygens (including phenoxy) is 1. The lowest BCUT2D eigenvalue weighted by Gasteiger charge is -2.21. The minimum Gasteiger partial charge on any atom is -0.459 e. The van der Waals surface area contributed by atoms with Crippen molar-refractivity contribution in [3.63, 3.8) is 0 Å². The van der Waals surface area contributed by atoms with Gasteiger partial charge in [-0.05, 0) is 41.3 Å². The average molecular weight is 422 g/mol. The van der Waals surface area contributed by atoms with Gasteiger partial charge in [0.1, 0.15) is 6.04 Å². The van der Waals surface area contributed by atoms with Gasteiger partial charge in [0.15, 0.2) is 12.4 Å². The van der Waals surface area contributed by atoms with Gasteiger partial charge in [0.05, 0.1) is 12.3 Å². The van der Waals surface area contributed by atoms with Crippen molar-refractivity contribution in [3.8, 4) is 0 Å². The van der Waals surface area contributed by atoms with Crippen molar-refractivity contribution in [1.29, 1.82) is 0 Å². The molecule has 2 N–H and O–H groups in total. The Morgan fingerprint density at radius 3 is 2.39 bits per heavy atom. The Kier molecular flexibility index (Phi) is 7.07. The molecule has 3 rings (SSSR count). The molecule has 0 aliphatic heterocycles. The van der Waals surface area contributed by atoms with Crippen LogP contribution in [-0.2, 0) is 14.3 Å². The summed E-state index contributed by atoms with van der Waals surface area (Å²) >= 11 is 0. The summed E-state index contributed by atoms with van der Waals surface area (Å²) in [5.74, 6) is -1.75. The number of carbonyl (C=O) groups is 3. The molecule has 0 bridgehead atoms. The van der Waals surface area contributed by atoms with Crippen molar-refractivity contribution < 1.29 is 23.5 Å². The molecule has 0 radical (unpaired) electrons. The van der Waals surface area contributed by atoms with E-state index in [4.69, 9.17) is 9.15 Å². The number of hydrogen-bond acceptors (Lipinski definition) is 5. The maximum atomic E-state index is 12.5. The first-order chi connectivity index (χ1) is 14.9. The van der Waals surface area contributed by atoms with Crippen LogP contribution in [-0.4, -0.2) is 30.4 Å². The first-order valence-electron chi connectivity index (χ1n) is 10.1. The topological polar surface area (TPSA) is 97.6 Å². The molecule has 0 saturated carbocycles. The van der Waals surface area contributed by atoms with Gasteiger partial charge in [-0.15, -0.1) is 0 Å². The lowest BCUT2D eigenvalue weighted by molar-refractivity contribution is -0.151. The Bertz CT molecular complexity index is 1050. The lowest BCUT2D eigenvalue weighted by Crippen LogP contribution is -2.46. The fourth-order valence-electron chi connectivity index (χ4n) is 3.33. The third-order valence-corrected chi connectivity index (χ3v) is 4.97. The number of carbonyl (C=O) groups excluding carboxylic acids is 3. The summed E-state index contributed by atoms with van der Waals surface area (Å²) in [5.41, 5.74) is 0.976. The first kappa shape index (κ1) is 22.1. The number of hydrogen-bond donors (Lipinski definition) is 2. The van der Waals surface area contributed by atoms with Crippen molar-refractivity contribution >= 4 is 28.6 Å². The van der Waals surface area contributed by atoms with Crippen LogP contribution in [0.5, 0.6) is 0 Å². The number of benzene rings is 2. The summed E-state index contributed by atoms with van der Waals surface area (Å²) < 4.78 is 10.2. The molecule has 0 aliphatic carbocycles. The smallest absolute Gasteiger partial charge is 0.329 e. The molecule has 0 unspecified atom stereocenters. The van der Waals surface area contributed by atoms with Crippen LogP contribution in [0, 0.1) is 5.92 Å². The molecule has 2 aromatic carbocycles. The fraction of sp³-hybridized carbons (Fsp3) is 0.292. The second-order valence-electron chi connectivity index (χ2n) is 7.64. The molecule has 2 atom stereocenters. The predicted molar refractivity (Wildman–Crippen MR) is 116 cm³/mol. The molecule has 1 heterocycles. The van der Waals surface area contributed by atoms with Crippen LogP contribution in [0.1, 0.15) is 42.9 Å². The summed E-state index contributed by atoms with van der Waals surface area (Å²) in [4.78, 5) is 37.0. The number of amides is 2. The first-order valence-corrected chi connectivity index (χ1v) is 10.1. The largest absolute Gasteiger partial charge is 0.459 e. The summed E-state index contributed by atoms with van der Waals surface area (Å²) in [7, 11) is 0. The van der Waals surface area contributed by atoms with Gasteiger partial charge in [-0.3, -0.25) is 9.59 Å². The number of fused-ring (bicyclic) bond motifs is 1. The predicted octanol–water partition coefficient (Wildman–Crippen LogP) is 3.61. The normalized spacial score (nSPS) is 12.9. The van der Waals surface area contributed by atoms with Crippen LogP contribution in [0.15, 0.2) is 65.3 Å². The van der Waals surface area contributed by atoms with E-state index in [1.54, 1.807) is 19.9 Å². The molecule has 31 heavy (non-hydrogen) atoms. The van der Waals surface area contributed by atoms with Gasteiger partial charge < -0.3 is 19.8 Å². The van der Waals surface area contributed by atoms with Crippen molar-refractivity contribution in [2.75, 3.05) is 6.61 Å². The molecule has 2 amide bonds. The second-order valence-corrected chi connectivity index (χ2v) is 7.64. The van der Waals surface area contributed by atoms with E-state index in [9.17, 15) is 14.4 Å². The Labute approximate surface area is 180 Å². The zero-order valence-corrected chi connectivity index (χ0v) is 17.8. The van der Waals surface area contributed by atoms with Gasteiger partial charge in [0, 0.05) is 0 Å². The minimum atomic E-state index is -0.902. The van der Waals surface area contributed by atoms with Crippen molar-refractivity contribution in [2.45, 2.75) is 32.9 Å². The highest BCUT2D eigenvalue weighted by atomic mass is 16.5. The van der Waals surface area contributed by atoms with Crippen LogP contribution in [0.3, 0.4) is 0 Å². The standard InChI is InChI=1S/C24H26N2O5/c1-15(2)22(26-23(28)20-12-7-13-30-20)24(29)31-14-21(27)25-16(3)18-11-6-9-17-8-4-5-10-19(17)18/h4-13,15-16,22H,14H2,1-3H3,(H,25,27)(H,26,28)/t16-,22-/m0/s1. The van der Waals surface area contributed by atoms with Gasteiger partial charge in [-0.2, -0.15) is 0 Å². The van der Waals surface area contributed by atoms with E-state index in [0.717, 1.165) is 16.3 Å². The number of esters is 1. The fourth-order valence-corrected chi connectivity index (χ4v) is 3.33. The zero-order valence-electron chi connectivity index (χ0n) is 17.8. The molecule has 0 fully saturated rings. The molecule has 7 heteroatoms. The molecule has 7 nitrogen and oxygen atoms in total. The Morgan fingerprint density at radius 2 is 1.68 bits per heavy atom. The highest BCUT2D eigenvalue weighted by molar-refractivity contribution is 5.95. The minimum absolute atomic E-state index is 0.0973. The molecule has 162 valence electrons. The monoisotopic (exact) mass is 422 g/mol. The number of rotatable bonds is 8. The Morgan fingerprint density at radius 1 is 0.935 bits per heavy atom. The zero-order chi connectivity index (χ0) is 22.4. The van der Waals surface area contributed by atoms with Crippen LogP contribution in [0.25, 0.3) is 10.8 Å². The number of nitrogens with one attached hydrogen (secondary N) is 2. The van der Waals surface area contributed by atoms with Crippen molar-refractivity contribution in [3.05, 3.63) is 72.2 Å². The molecule has 3 aromatic rings. The van der Waals surface area contributed by atoms with E-state index >= 15 is 0 Å². The van der Waals surface area contributed by atoms with Gasteiger partial charge in [0.2, 0.25) is 0 Å². The van der Waals surface area contributed by atoms with E-state index in [1.165, 1.54) is 12.3 Å². The van der Waals surface area contributed by atoms with E-state index < -0.39 is 30.4 Å². The summed E-state index contributed by atoms with van der Waals surface area (Å²) in [5, 5.41) is 7.58. The average Bonchev–Trinajstić information content (AvgIpc) is 3.30. The SMILES string of the molecule is CC(C)[C@H](NC(=O)c1ccco1)C(=O)OCC(=O)N[C@@H](C)c1cccc2ccccc12. The Balaban J connectivity index is 1.57. The maximum Gasteiger partial charge on any atom is 0.329 e. The highest BCUT2D eigenvalue weighted by Gasteiger charge is 2.27. The van der Waals surface area contributed by atoms with Gasteiger partial charge in [0.25, 0.3) is 11.8 Å². The summed E-state index contributed by atoms with van der Waals surface area (Å²) in [6.07, 6.45) is 1.37. The molecule has 0 saturated heterocycles. The van der Waals surface area contributed by atoms with Crippen LogP contribution in [0.2, 0.25) is 0 Å².